The molecular weight excluding hydrogens is 400 g/mol. The second kappa shape index (κ2) is 9.47. The van der Waals surface area contributed by atoms with Crippen LogP contribution in [0.4, 0.5) is 5.69 Å². The van der Waals surface area contributed by atoms with Crippen molar-refractivity contribution in [3.05, 3.63) is 95.3 Å². The molecule has 32 heavy (non-hydrogen) atoms. The summed E-state index contributed by atoms with van der Waals surface area (Å²) in [6.45, 7) is 4.58. The Kier molecular flexibility index (Phi) is 6.31. The predicted molar refractivity (Wildman–Crippen MR) is 127 cm³/mol. The highest BCUT2D eigenvalue weighted by molar-refractivity contribution is 5.94. The number of nitrogens with one attached hydrogen (secondary N) is 2. The lowest BCUT2D eigenvalue weighted by molar-refractivity contribution is -0.116. The Bertz CT molecular complexity index is 1260. The van der Waals surface area contributed by atoms with Crippen molar-refractivity contribution in [3.8, 4) is 0 Å². The monoisotopic (exact) mass is 426 g/mol. The van der Waals surface area contributed by atoms with Crippen LogP contribution in [0.3, 0.4) is 0 Å². The number of aryl methyl sites for hydroxylation is 2. The molecule has 4 aromatic rings. The van der Waals surface area contributed by atoms with Crippen molar-refractivity contribution in [2.75, 3.05) is 11.9 Å². The Labute approximate surface area is 187 Å². The van der Waals surface area contributed by atoms with Gasteiger partial charge in [0.05, 0.1) is 11.0 Å². The zero-order valence-corrected chi connectivity index (χ0v) is 18.3. The fraction of sp³-hybridized carbons (Fsp3) is 0.192. The van der Waals surface area contributed by atoms with Crippen molar-refractivity contribution < 1.29 is 9.59 Å². The van der Waals surface area contributed by atoms with Crippen LogP contribution < -0.4 is 10.6 Å². The summed E-state index contributed by atoms with van der Waals surface area (Å²) in [6, 6.07) is 22.8. The molecule has 0 atom stereocenters. The number of para-hydroxylation sites is 2. The molecule has 6 nitrogen and oxygen atoms in total. The van der Waals surface area contributed by atoms with Gasteiger partial charge < -0.3 is 15.2 Å². The van der Waals surface area contributed by atoms with E-state index in [-0.39, 0.29) is 18.4 Å². The number of nitrogens with zero attached hydrogens (tertiary/aromatic N) is 2. The zero-order valence-electron chi connectivity index (χ0n) is 18.3. The van der Waals surface area contributed by atoms with E-state index in [9.17, 15) is 9.59 Å². The minimum Gasteiger partial charge on any atom is -0.352 e. The van der Waals surface area contributed by atoms with Crippen molar-refractivity contribution in [3.63, 3.8) is 0 Å². The maximum absolute atomic E-state index is 12.9. The largest absolute Gasteiger partial charge is 0.352 e. The van der Waals surface area contributed by atoms with Crippen LogP contribution in [0.5, 0.6) is 0 Å². The van der Waals surface area contributed by atoms with E-state index in [0.29, 0.717) is 18.5 Å². The highest BCUT2D eigenvalue weighted by Crippen LogP contribution is 2.19. The van der Waals surface area contributed by atoms with Crippen molar-refractivity contribution in [2.45, 2.75) is 26.8 Å². The number of anilines is 1. The molecular formula is C26H26N4O2. The van der Waals surface area contributed by atoms with Crippen LogP contribution in [-0.4, -0.2) is 27.9 Å². The summed E-state index contributed by atoms with van der Waals surface area (Å²) in [6.07, 6.45) is 0.518. The molecule has 0 fully saturated rings. The number of hydrogen-bond acceptors (Lipinski definition) is 3. The molecule has 0 aliphatic heterocycles. The van der Waals surface area contributed by atoms with Crippen LogP contribution in [0.2, 0.25) is 0 Å². The number of imidazole rings is 1. The van der Waals surface area contributed by atoms with E-state index < -0.39 is 0 Å². The lowest BCUT2D eigenvalue weighted by atomic mass is 10.1. The van der Waals surface area contributed by atoms with Gasteiger partial charge in [-0.1, -0.05) is 48.0 Å². The van der Waals surface area contributed by atoms with Gasteiger partial charge in [-0.2, -0.15) is 0 Å². The third kappa shape index (κ3) is 4.86. The quantitative estimate of drug-likeness (QED) is 0.464. The molecule has 4 rings (SSSR count). The second-order valence-corrected chi connectivity index (χ2v) is 7.84. The van der Waals surface area contributed by atoms with Gasteiger partial charge in [0.2, 0.25) is 5.91 Å². The second-order valence-electron chi connectivity index (χ2n) is 7.84. The van der Waals surface area contributed by atoms with Gasteiger partial charge in [0, 0.05) is 24.2 Å². The molecule has 0 unspecified atom stereocenters. The number of fused-ring (bicyclic) bond motifs is 1. The molecule has 0 aliphatic carbocycles. The number of rotatable bonds is 7. The zero-order chi connectivity index (χ0) is 22.5. The first-order valence-corrected chi connectivity index (χ1v) is 10.7. The summed E-state index contributed by atoms with van der Waals surface area (Å²) < 4.78 is 1.92. The number of amides is 2. The number of hydrogen-bond donors (Lipinski definition) is 2. The molecule has 2 N–H and O–H groups in total. The van der Waals surface area contributed by atoms with Gasteiger partial charge in [-0.15, -0.1) is 0 Å². The van der Waals surface area contributed by atoms with E-state index in [1.165, 1.54) is 0 Å². The summed E-state index contributed by atoms with van der Waals surface area (Å²) in [5.41, 5.74) is 5.33. The van der Waals surface area contributed by atoms with Gasteiger partial charge in [0.15, 0.2) is 0 Å². The summed E-state index contributed by atoms with van der Waals surface area (Å²) in [5, 5.41) is 5.94. The molecule has 1 aromatic heterocycles. The first-order chi connectivity index (χ1) is 15.5. The maximum atomic E-state index is 12.9. The molecule has 0 spiro atoms. The molecule has 0 aliphatic rings. The standard InChI is InChI=1S/C26H26N4O2/c1-18-12-13-21(19(2)16-18)29-25(31)17-30-23-11-7-6-10-22(23)28-24(30)14-15-27-26(32)20-8-4-3-5-9-20/h3-13,16H,14-15,17H2,1-2H3,(H,27,32)(H,29,31). The molecule has 0 radical (unpaired) electrons. The van der Waals surface area contributed by atoms with Gasteiger partial charge in [-0.3, -0.25) is 9.59 Å². The van der Waals surface area contributed by atoms with E-state index in [1.807, 2.05) is 79.1 Å². The molecule has 6 heteroatoms. The first kappa shape index (κ1) is 21.3. The van der Waals surface area contributed by atoms with Gasteiger partial charge in [0.1, 0.15) is 12.4 Å². The lowest BCUT2D eigenvalue weighted by Gasteiger charge is -2.12. The Balaban J connectivity index is 1.48. The minimum absolute atomic E-state index is 0.116. The number of carbonyl (C=O) groups is 2. The third-order valence-corrected chi connectivity index (χ3v) is 5.36. The number of carbonyl (C=O) groups excluding carboxylic acids is 2. The Hall–Kier alpha value is -3.93. The average molecular weight is 427 g/mol. The van der Waals surface area contributed by atoms with Crippen LogP contribution in [-0.2, 0) is 17.8 Å². The summed E-state index contributed by atoms with van der Waals surface area (Å²) in [4.78, 5) is 29.9. The van der Waals surface area contributed by atoms with Crippen LogP contribution in [0.15, 0.2) is 72.8 Å². The summed E-state index contributed by atoms with van der Waals surface area (Å²) in [5.74, 6) is 0.519. The lowest BCUT2D eigenvalue weighted by Crippen LogP contribution is -2.27. The van der Waals surface area contributed by atoms with Crippen molar-refractivity contribution in [1.29, 1.82) is 0 Å². The highest BCUT2D eigenvalue weighted by Gasteiger charge is 2.15. The highest BCUT2D eigenvalue weighted by atomic mass is 16.2. The Morgan fingerprint density at radius 1 is 0.938 bits per heavy atom. The van der Waals surface area contributed by atoms with Crippen LogP contribution in [0.1, 0.15) is 27.3 Å². The fourth-order valence-corrected chi connectivity index (χ4v) is 3.76. The van der Waals surface area contributed by atoms with Crippen molar-refractivity contribution in [1.82, 2.24) is 14.9 Å². The molecule has 2 amide bonds. The van der Waals surface area contributed by atoms with Crippen LogP contribution >= 0.6 is 0 Å². The van der Waals surface area contributed by atoms with E-state index in [2.05, 4.69) is 10.6 Å². The maximum Gasteiger partial charge on any atom is 0.251 e. The summed E-state index contributed by atoms with van der Waals surface area (Å²) in [7, 11) is 0. The fourth-order valence-electron chi connectivity index (χ4n) is 3.76. The number of aromatic nitrogens is 2. The molecule has 0 bridgehead atoms. The van der Waals surface area contributed by atoms with E-state index in [0.717, 1.165) is 33.7 Å². The van der Waals surface area contributed by atoms with Crippen LogP contribution in [0.25, 0.3) is 11.0 Å². The normalized spacial score (nSPS) is 10.8. The SMILES string of the molecule is Cc1ccc(NC(=O)Cn2c(CCNC(=O)c3ccccc3)nc3ccccc32)c(C)c1. The molecule has 162 valence electrons. The predicted octanol–water partition coefficient (Wildman–Crippen LogP) is 4.26. The third-order valence-electron chi connectivity index (χ3n) is 5.36. The topological polar surface area (TPSA) is 76.0 Å². The summed E-state index contributed by atoms with van der Waals surface area (Å²) >= 11 is 0. The van der Waals surface area contributed by atoms with Gasteiger partial charge in [0.25, 0.3) is 5.91 Å². The van der Waals surface area contributed by atoms with E-state index in [1.54, 1.807) is 12.1 Å². The van der Waals surface area contributed by atoms with E-state index >= 15 is 0 Å². The van der Waals surface area contributed by atoms with Gasteiger partial charge in [-0.25, -0.2) is 4.98 Å². The van der Waals surface area contributed by atoms with Crippen molar-refractivity contribution in [2.24, 2.45) is 0 Å². The Morgan fingerprint density at radius 2 is 1.69 bits per heavy atom. The molecule has 1 heterocycles. The Morgan fingerprint density at radius 3 is 2.47 bits per heavy atom. The molecule has 3 aromatic carbocycles. The molecule has 0 saturated heterocycles. The first-order valence-electron chi connectivity index (χ1n) is 10.7. The van der Waals surface area contributed by atoms with E-state index in [4.69, 9.17) is 4.98 Å². The smallest absolute Gasteiger partial charge is 0.251 e. The average Bonchev–Trinajstić information content (AvgIpc) is 3.13. The minimum atomic E-state index is -0.124. The van der Waals surface area contributed by atoms with Gasteiger partial charge >= 0.3 is 0 Å². The van der Waals surface area contributed by atoms with Gasteiger partial charge in [-0.05, 0) is 49.7 Å². The van der Waals surface area contributed by atoms with Crippen molar-refractivity contribution >= 4 is 28.5 Å². The number of benzene rings is 3. The van der Waals surface area contributed by atoms with Crippen LogP contribution in [0, 0.1) is 13.8 Å². The molecule has 0 saturated carbocycles.